The second-order valence-corrected chi connectivity index (χ2v) is 5.93. The van der Waals surface area contributed by atoms with Crippen LogP contribution in [0.1, 0.15) is 32.1 Å². The fraction of sp³-hybridized carbons (Fsp3) is 0.786. The molecule has 106 valence electrons. The van der Waals surface area contributed by atoms with Crippen molar-refractivity contribution in [3.8, 4) is 12.1 Å². The average molecular weight is 275 g/mol. The summed E-state index contributed by atoms with van der Waals surface area (Å²) in [5.74, 6) is -1.02. The van der Waals surface area contributed by atoms with E-state index in [2.05, 4.69) is 17.1 Å². The quantitative estimate of drug-likeness (QED) is 0.653. The van der Waals surface area contributed by atoms with Gasteiger partial charge in [0.1, 0.15) is 0 Å². The van der Waals surface area contributed by atoms with Crippen LogP contribution in [0.2, 0.25) is 0 Å². The molecule has 3 N–H and O–H groups in total. The lowest BCUT2D eigenvalue weighted by Crippen LogP contribution is -2.91. The zero-order valence-electron chi connectivity index (χ0n) is 11.8. The first kappa shape index (κ1) is 13.4. The van der Waals surface area contributed by atoms with Crippen molar-refractivity contribution in [2.45, 2.75) is 38.0 Å². The Morgan fingerprint density at radius 3 is 2.15 bits per heavy atom. The van der Waals surface area contributed by atoms with Crippen LogP contribution >= 0.6 is 0 Å². The van der Waals surface area contributed by atoms with Gasteiger partial charge in [-0.25, -0.2) is 4.99 Å². The molecule has 0 aromatic carbocycles. The van der Waals surface area contributed by atoms with Gasteiger partial charge >= 0.3 is 5.91 Å². The minimum atomic E-state index is -1.33. The third kappa shape index (κ3) is 0.905. The number of ether oxygens (including phenoxy) is 2. The lowest BCUT2D eigenvalue weighted by molar-refractivity contribution is -0.690. The number of nitrogens with one attached hydrogen (secondary N) is 1. The van der Waals surface area contributed by atoms with Crippen molar-refractivity contribution in [2.24, 2.45) is 22.0 Å². The van der Waals surface area contributed by atoms with Gasteiger partial charge < -0.3 is 9.47 Å². The van der Waals surface area contributed by atoms with E-state index in [1.54, 1.807) is 0 Å². The van der Waals surface area contributed by atoms with Crippen LogP contribution in [0.3, 0.4) is 0 Å². The number of nitrogens with two attached hydrogens (primary N) is 1. The van der Waals surface area contributed by atoms with E-state index in [1.807, 2.05) is 0 Å². The first-order valence-electron chi connectivity index (χ1n) is 6.92. The first-order valence-corrected chi connectivity index (χ1v) is 6.92. The molecule has 2 aliphatic carbocycles. The molecule has 0 aromatic heterocycles. The molecule has 6 nitrogen and oxygen atoms in total. The average Bonchev–Trinajstić information content (AvgIpc) is 2.89. The second kappa shape index (κ2) is 3.72. The van der Waals surface area contributed by atoms with Crippen LogP contribution in [-0.2, 0) is 9.47 Å². The largest absolute Gasteiger partial charge is 0.342 e. The summed E-state index contributed by atoms with van der Waals surface area (Å²) in [6, 6.07) is 4.69. The molecule has 0 aromatic rings. The Hall–Kier alpha value is -1.63. The summed E-state index contributed by atoms with van der Waals surface area (Å²) < 4.78 is 11.0. The monoisotopic (exact) mass is 275 g/mol. The van der Waals surface area contributed by atoms with Crippen molar-refractivity contribution < 1.29 is 14.5 Å². The van der Waals surface area contributed by atoms with E-state index in [4.69, 9.17) is 15.2 Å². The van der Waals surface area contributed by atoms with Gasteiger partial charge in [-0.1, -0.05) is 19.3 Å². The standard InChI is InChI=1S/C14H18N4O2/c1-19-14(20-2)13(9-16)11(6-4-3-5-7-11)12(13,8-15)10(17)18-14/h3-7H2,1-2H3,(H2,17,18)/p+1/t12-,13+/m0/s1. The molecule has 1 aliphatic heterocycles. The Balaban J connectivity index is 2.26. The maximum atomic E-state index is 9.93. The van der Waals surface area contributed by atoms with Gasteiger partial charge in [0.15, 0.2) is 10.8 Å². The van der Waals surface area contributed by atoms with Crippen LogP contribution < -0.4 is 10.7 Å². The van der Waals surface area contributed by atoms with Gasteiger partial charge in [-0.3, -0.25) is 5.73 Å². The summed E-state index contributed by atoms with van der Waals surface area (Å²) >= 11 is 0. The molecule has 2 saturated carbocycles. The van der Waals surface area contributed by atoms with Crippen LogP contribution in [0.5, 0.6) is 0 Å². The fourth-order valence-electron chi connectivity index (χ4n) is 4.99. The number of fused-ring (bicyclic) bond motifs is 3. The molecule has 0 bridgehead atoms. The number of amidine groups is 1. The van der Waals surface area contributed by atoms with Gasteiger partial charge in [-0.2, -0.15) is 10.5 Å². The lowest BCUT2D eigenvalue weighted by atomic mass is 9.76. The minimum Gasteiger partial charge on any atom is -0.317 e. The zero-order valence-corrected chi connectivity index (χ0v) is 11.8. The molecule has 1 heterocycles. The second-order valence-electron chi connectivity index (χ2n) is 5.93. The van der Waals surface area contributed by atoms with Crippen LogP contribution in [0, 0.1) is 38.9 Å². The van der Waals surface area contributed by atoms with Crippen molar-refractivity contribution in [1.82, 2.24) is 0 Å². The molecule has 0 unspecified atom stereocenters. The summed E-state index contributed by atoms with van der Waals surface area (Å²) in [6.45, 7) is 0. The highest BCUT2D eigenvalue weighted by Gasteiger charge is 3.03. The van der Waals surface area contributed by atoms with Gasteiger partial charge in [0, 0.05) is 19.6 Å². The number of nitriles is 2. The zero-order chi connectivity index (χ0) is 14.6. The van der Waals surface area contributed by atoms with E-state index in [-0.39, 0.29) is 0 Å². The Bertz CT molecular complexity index is 563. The van der Waals surface area contributed by atoms with E-state index in [9.17, 15) is 10.5 Å². The molecule has 2 fully saturated rings. The van der Waals surface area contributed by atoms with Gasteiger partial charge in [0.25, 0.3) is 5.84 Å². The highest BCUT2D eigenvalue weighted by molar-refractivity contribution is 5.95. The van der Waals surface area contributed by atoms with E-state index < -0.39 is 22.2 Å². The molecule has 0 radical (unpaired) electrons. The normalized spacial score (nSPS) is 39.5. The Labute approximate surface area is 118 Å². The maximum Gasteiger partial charge on any atom is 0.342 e. The van der Waals surface area contributed by atoms with Crippen LogP contribution in [0.25, 0.3) is 0 Å². The highest BCUT2D eigenvalue weighted by atomic mass is 16.7. The molecular weight excluding hydrogens is 256 g/mol. The lowest BCUT2D eigenvalue weighted by Gasteiger charge is -2.33. The predicted octanol–water partition coefficient (Wildman–Crippen LogP) is -0.632. The fourth-order valence-corrected chi connectivity index (χ4v) is 4.99. The number of rotatable bonds is 2. The number of methoxy groups -OCH3 is 2. The molecule has 0 saturated heterocycles. The number of hydrogen-bond acceptors (Lipinski definition) is 5. The summed E-state index contributed by atoms with van der Waals surface area (Å²) in [5, 5.41) is 19.7. The van der Waals surface area contributed by atoms with Gasteiger partial charge in [-0.15, -0.1) is 0 Å². The van der Waals surface area contributed by atoms with E-state index >= 15 is 0 Å². The van der Waals surface area contributed by atoms with Crippen molar-refractivity contribution >= 4 is 5.84 Å². The number of hydrogen-bond donors (Lipinski definition) is 2. The Morgan fingerprint density at radius 1 is 1.10 bits per heavy atom. The summed E-state index contributed by atoms with van der Waals surface area (Å²) in [4.78, 5) is 2.93. The third-order valence-corrected chi connectivity index (χ3v) is 5.75. The highest BCUT2D eigenvalue weighted by Crippen LogP contribution is 2.86. The first-order chi connectivity index (χ1) is 9.58. The molecule has 1 spiro atoms. The minimum absolute atomic E-state index is 0.312. The van der Waals surface area contributed by atoms with Crippen molar-refractivity contribution in [2.75, 3.05) is 14.2 Å². The van der Waals surface area contributed by atoms with Crippen LogP contribution in [0.4, 0.5) is 0 Å². The third-order valence-electron chi connectivity index (χ3n) is 5.75. The molecule has 20 heavy (non-hydrogen) atoms. The smallest absolute Gasteiger partial charge is 0.317 e. The molecule has 6 heteroatoms. The molecule has 3 rings (SSSR count). The van der Waals surface area contributed by atoms with Crippen molar-refractivity contribution in [3.63, 3.8) is 0 Å². The maximum absolute atomic E-state index is 9.93. The van der Waals surface area contributed by atoms with E-state index in [0.717, 1.165) is 32.1 Å². The Kier molecular flexibility index (Phi) is 2.48. The van der Waals surface area contributed by atoms with Gasteiger partial charge in [0.05, 0.1) is 12.1 Å². The predicted molar refractivity (Wildman–Crippen MR) is 68.5 cm³/mol. The summed E-state index contributed by atoms with van der Waals surface area (Å²) in [6.07, 6.45) is 4.76. The SMILES string of the molecule is COC1(OC)[NH+]=C(N)[C@@]2(C#N)C3(CCCCC3)[C@@]12C#N. The topological polar surface area (TPSA) is 106 Å². The number of nitrogens with zero attached hydrogens (tertiary/aromatic N) is 2. The van der Waals surface area contributed by atoms with Gasteiger partial charge in [0.2, 0.25) is 0 Å². The molecule has 0 amide bonds. The summed E-state index contributed by atoms with van der Waals surface area (Å²) in [5.41, 5.74) is 3.59. The van der Waals surface area contributed by atoms with Crippen molar-refractivity contribution in [3.05, 3.63) is 0 Å². The van der Waals surface area contributed by atoms with Gasteiger partial charge in [-0.05, 0) is 12.8 Å². The van der Waals surface area contributed by atoms with Crippen LogP contribution in [0.15, 0.2) is 0 Å². The van der Waals surface area contributed by atoms with Crippen molar-refractivity contribution in [1.29, 1.82) is 10.5 Å². The van der Waals surface area contributed by atoms with E-state index in [1.165, 1.54) is 14.2 Å². The molecule has 2 atom stereocenters. The molecular formula is C14H19N4O2+. The molecule has 3 aliphatic rings. The van der Waals surface area contributed by atoms with Crippen LogP contribution in [-0.4, -0.2) is 26.0 Å². The summed E-state index contributed by atoms with van der Waals surface area (Å²) in [7, 11) is 2.95. The Morgan fingerprint density at radius 2 is 1.70 bits per heavy atom. The van der Waals surface area contributed by atoms with E-state index in [0.29, 0.717) is 5.84 Å².